The molecule has 1 amide bonds. The second-order valence-corrected chi connectivity index (χ2v) is 4.96. The number of hydrogen-bond acceptors (Lipinski definition) is 4. The Bertz CT molecular complexity index is 828. The van der Waals surface area contributed by atoms with Gasteiger partial charge in [0.05, 0.1) is 12.8 Å². The Kier molecular flexibility index (Phi) is 4.05. The van der Waals surface area contributed by atoms with Gasteiger partial charge in [0, 0.05) is 30.7 Å². The van der Waals surface area contributed by atoms with E-state index in [-0.39, 0.29) is 5.91 Å². The molecule has 0 fully saturated rings. The van der Waals surface area contributed by atoms with Gasteiger partial charge < -0.3 is 10.1 Å². The van der Waals surface area contributed by atoms with E-state index in [2.05, 4.69) is 15.4 Å². The Morgan fingerprint density at radius 2 is 1.96 bits per heavy atom. The van der Waals surface area contributed by atoms with Crippen LogP contribution in [-0.4, -0.2) is 27.8 Å². The second kappa shape index (κ2) is 6.31. The molecule has 0 radical (unpaired) electrons. The van der Waals surface area contributed by atoms with E-state index in [4.69, 9.17) is 4.74 Å². The van der Waals surface area contributed by atoms with Crippen LogP contribution in [0, 0.1) is 0 Å². The molecule has 1 aromatic carbocycles. The molecule has 0 saturated heterocycles. The summed E-state index contributed by atoms with van der Waals surface area (Å²) in [5.74, 6) is 0.524. The highest BCUT2D eigenvalue weighted by atomic mass is 16.5. The third-order valence-electron chi connectivity index (χ3n) is 3.42. The second-order valence-electron chi connectivity index (χ2n) is 4.96. The molecule has 0 spiro atoms. The van der Waals surface area contributed by atoms with Gasteiger partial charge in [0.25, 0.3) is 5.91 Å². The van der Waals surface area contributed by atoms with Crippen LogP contribution in [0.4, 0.5) is 5.69 Å². The van der Waals surface area contributed by atoms with Gasteiger partial charge in [0.2, 0.25) is 0 Å². The van der Waals surface area contributed by atoms with Crippen molar-refractivity contribution >= 4 is 11.6 Å². The number of anilines is 1. The van der Waals surface area contributed by atoms with Gasteiger partial charge in [-0.05, 0) is 30.3 Å². The van der Waals surface area contributed by atoms with Crippen molar-refractivity contribution in [1.29, 1.82) is 0 Å². The lowest BCUT2D eigenvalue weighted by Crippen LogP contribution is -2.15. The maximum Gasteiger partial charge on any atom is 0.273 e. The zero-order valence-electron chi connectivity index (χ0n) is 12.9. The van der Waals surface area contributed by atoms with Crippen LogP contribution >= 0.6 is 0 Å². The minimum atomic E-state index is -0.222. The largest absolute Gasteiger partial charge is 0.497 e. The highest BCUT2D eigenvalue weighted by Gasteiger charge is 2.14. The third kappa shape index (κ3) is 3.21. The Morgan fingerprint density at radius 3 is 2.70 bits per heavy atom. The van der Waals surface area contributed by atoms with Gasteiger partial charge in [0.1, 0.15) is 11.4 Å². The lowest BCUT2D eigenvalue weighted by atomic mass is 10.1. The molecule has 0 aliphatic heterocycles. The molecular formula is C17H16N4O2. The Morgan fingerprint density at radius 1 is 1.17 bits per heavy atom. The summed E-state index contributed by atoms with van der Waals surface area (Å²) in [6.07, 6.45) is 3.25. The number of carbonyl (C=O) groups excluding carboxylic acids is 1. The van der Waals surface area contributed by atoms with Gasteiger partial charge in [-0.3, -0.25) is 14.5 Å². The SMILES string of the molecule is COc1cccc(-c2cc(C(=O)Nc3ccncc3)n(C)n2)c1. The average Bonchev–Trinajstić information content (AvgIpc) is 2.98. The van der Waals surface area contributed by atoms with Crippen LogP contribution in [0.1, 0.15) is 10.5 Å². The van der Waals surface area contributed by atoms with Crippen molar-refractivity contribution in [3.8, 4) is 17.0 Å². The number of benzene rings is 1. The minimum absolute atomic E-state index is 0.222. The van der Waals surface area contributed by atoms with Crippen LogP contribution < -0.4 is 10.1 Å². The van der Waals surface area contributed by atoms with Crippen molar-refractivity contribution in [2.75, 3.05) is 12.4 Å². The summed E-state index contributed by atoms with van der Waals surface area (Å²) in [5, 5.41) is 7.23. The zero-order valence-corrected chi connectivity index (χ0v) is 12.9. The van der Waals surface area contributed by atoms with Gasteiger partial charge in [-0.15, -0.1) is 0 Å². The minimum Gasteiger partial charge on any atom is -0.497 e. The number of carbonyl (C=O) groups is 1. The molecule has 0 bridgehead atoms. The van der Waals surface area contributed by atoms with Gasteiger partial charge in [-0.25, -0.2) is 0 Å². The van der Waals surface area contributed by atoms with Gasteiger partial charge in [0.15, 0.2) is 0 Å². The third-order valence-corrected chi connectivity index (χ3v) is 3.42. The fraction of sp³-hybridized carbons (Fsp3) is 0.118. The molecule has 3 aromatic rings. The number of methoxy groups -OCH3 is 1. The number of aryl methyl sites for hydroxylation is 1. The monoisotopic (exact) mass is 308 g/mol. The van der Waals surface area contributed by atoms with Crippen LogP contribution in [0.2, 0.25) is 0 Å². The normalized spacial score (nSPS) is 10.3. The van der Waals surface area contributed by atoms with E-state index in [0.29, 0.717) is 17.1 Å². The van der Waals surface area contributed by atoms with Crippen LogP contribution in [0.5, 0.6) is 5.75 Å². The molecule has 2 heterocycles. The van der Waals surface area contributed by atoms with Crippen molar-refractivity contribution in [3.63, 3.8) is 0 Å². The molecule has 116 valence electrons. The number of rotatable bonds is 4. The fourth-order valence-corrected chi connectivity index (χ4v) is 2.23. The molecule has 23 heavy (non-hydrogen) atoms. The van der Waals surface area contributed by atoms with Crippen LogP contribution in [0.15, 0.2) is 54.9 Å². The van der Waals surface area contributed by atoms with Gasteiger partial charge in [-0.1, -0.05) is 12.1 Å². The standard InChI is InChI=1S/C17H16N4O2/c1-21-16(17(22)19-13-6-8-18-9-7-13)11-15(20-21)12-4-3-5-14(10-12)23-2/h3-11H,1-2H3,(H,18,19,22). The predicted octanol–water partition coefficient (Wildman–Crippen LogP) is 2.74. The number of nitrogens with zero attached hydrogens (tertiary/aromatic N) is 3. The maximum atomic E-state index is 12.4. The first-order chi connectivity index (χ1) is 11.2. The quantitative estimate of drug-likeness (QED) is 0.804. The molecule has 0 atom stereocenters. The highest BCUT2D eigenvalue weighted by molar-refractivity contribution is 6.03. The van der Waals surface area contributed by atoms with E-state index in [1.165, 1.54) is 0 Å². The molecule has 0 aliphatic carbocycles. The van der Waals surface area contributed by atoms with E-state index in [1.807, 2.05) is 24.3 Å². The Balaban J connectivity index is 1.87. The first-order valence-corrected chi connectivity index (χ1v) is 7.07. The van der Waals surface area contributed by atoms with Crippen LogP contribution in [0.3, 0.4) is 0 Å². The van der Waals surface area contributed by atoms with Gasteiger partial charge in [-0.2, -0.15) is 5.10 Å². The van der Waals surface area contributed by atoms with E-state index in [0.717, 1.165) is 11.3 Å². The highest BCUT2D eigenvalue weighted by Crippen LogP contribution is 2.23. The summed E-state index contributed by atoms with van der Waals surface area (Å²) >= 11 is 0. The molecule has 1 N–H and O–H groups in total. The topological polar surface area (TPSA) is 69.0 Å². The lowest BCUT2D eigenvalue weighted by Gasteiger charge is -2.04. The van der Waals surface area contributed by atoms with Crippen molar-refractivity contribution in [1.82, 2.24) is 14.8 Å². The fourth-order valence-electron chi connectivity index (χ4n) is 2.23. The molecule has 3 rings (SSSR count). The van der Waals surface area contributed by atoms with E-state index in [9.17, 15) is 4.79 Å². The summed E-state index contributed by atoms with van der Waals surface area (Å²) in [7, 11) is 3.36. The number of amides is 1. The van der Waals surface area contributed by atoms with Crippen LogP contribution in [0.25, 0.3) is 11.3 Å². The number of nitrogens with one attached hydrogen (secondary N) is 1. The van der Waals surface area contributed by atoms with Gasteiger partial charge >= 0.3 is 0 Å². The molecular weight excluding hydrogens is 292 g/mol. The molecule has 6 nitrogen and oxygen atoms in total. The zero-order chi connectivity index (χ0) is 16.2. The number of pyridine rings is 1. The maximum absolute atomic E-state index is 12.4. The van der Waals surface area contributed by atoms with E-state index in [1.54, 1.807) is 49.4 Å². The number of aromatic nitrogens is 3. The Labute approximate surface area is 133 Å². The first kappa shape index (κ1) is 14.8. The Hall–Kier alpha value is -3.15. The number of hydrogen-bond donors (Lipinski definition) is 1. The van der Waals surface area contributed by atoms with Crippen LogP contribution in [-0.2, 0) is 7.05 Å². The summed E-state index contributed by atoms with van der Waals surface area (Å²) in [4.78, 5) is 16.3. The summed E-state index contributed by atoms with van der Waals surface area (Å²) in [6, 6.07) is 12.8. The van der Waals surface area contributed by atoms with E-state index < -0.39 is 0 Å². The van der Waals surface area contributed by atoms with Crippen molar-refractivity contribution in [2.45, 2.75) is 0 Å². The number of ether oxygens (including phenoxy) is 1. The lowest BCUT2D eigenvalue weighted by molar-refractivity contribution is 0.101. The predicted molar refractivity (Wildman–Crippen MR) is 87.4 cm³/mol. The smallest absolute Gasteiger partial charge is 0.273 e. The summed E-state index contributed by atoms with van der Waals surface area (Å²) < 4.78 is 6.78. The molecule has 0 unspecified atom stereocenters. The van der Waals surface area contributed by atoms with Crippen molar-refractivity contribution in [3.05, 3.63) is 60.6 Å². The van der Waals surface area contributed by atoms with Crippen molar-refractivity contribution < 1.29 is 9.53 Å². The van der Waals surface area contributed by atoms with E-state index >= 15 is 0 Å². The molecule has 0 aliphatic rings. The molecule has 6 heteroatoms. The summed E-state index contributed by atoms with van der Waals surface area (Å²) in [5.41, 5.74) is 2.77. The summed E-state index contributed by atoms with van der Waals surface area (Å²) in [6.45, 7) is 0. The molecule has 0 saturated carbocycles. The van der Waals surface area contributed by atoms with Crippen molar-refractivity contribution in [2.24, 2.45) is 7.05 Å². The first-order valence-electron chi connectivity index (χ1n) is 7.07. The molecule has 2 aromatic heterocycles. The average molecular weight is 308 g/mol.